The molecule has 1 fully saturated rings. The van der Waals surface area contributed by atoms with E-state index in [0.29, 0.717) is 36.4 Å². The summed E-state index contributed by atoms with van der Waals surface area (Å²) in [7, 11) is 3.01. The molecule has 3 rings (SSSR count). The Morgan fingerprint density at radius 2 is 1.86 bits per heavy atom. The maximum Gasteiger partial charge on any atom is 0.307 e. The number of carboxylic acids is 1. The summed E-state index contributed by atoms with van der Waals surface area (Å²) in [5, 5.41) is 9.47. The van der Waals surface area contributed by atoms with E-state index in [1.807, 2.05) is 4.90 Å². The van der Waals surface area contributed by atoms with Gasteiger partial charge in [-0.05, 0) is 37.6 Å². The molecule has 1 aliphatic heterocycles. The molecular weight excluding hydrogens is 368 g/mol. The lowest BCUT2D eigenvalue weighted by atomic mass is 9.90. The first-order chi connectivity index (χ1) is 13.5. The zero-order chi connectivity index (χ0) is 20.3. The SMILES string of the molecule is COc1cccc(OC)c1C(c1ccc(F)cc1F)N1CCCC(C(=O)O)C1. The number of likely N-dealkylation sites (tertiary alicyclic amines) is 1. The fourth-order valence-electron chi connectivity index (χ4n) is 3.85. The van der Waals surface area contributed by atoms with Crippen LogP contribution in [0.1, 0.15) is 30.0 Å². The van der Waals surface area contributed by atoms with Crippen LogP contribution >= 0.6 is 0 Å². The van der Waals surface area contributed by atoms with E-state index in [0.717, 1.165) is 6.07 Å². The normalized spacial score (nSPS) is 18.5. The van der Waals surface area contributed by atoms with E-state index in [2.05, 4.69) is 0 Å². The minimum absolute atomic E-state index is 0.246. The van der Waals surface area contributed by atoms with Gasteiger partial charge in [-0.2, -0.15) is 0 Å². The predicted molar refractivity (Wildman–Crippen MR) is 99.7 cm³/mol. The van der Waals surface area contributed by atoms with Crippen LogP contribution in [0.3, 0.4) is 0 Å². The Bertz CT molecular complexity index is 836. The van der Waals surface area contributed by atoms with Crippen molar-refractivity contribution in [1.29, 1.82) is 0 Å². The molecule has 2 aromatic carbocycles. The topological polar surface area (TPSA) is 59.0 Å². The van der Waals surface area contributed by atoms with E-state index in [1.54, 1.807) is 18.2 Å². The number of ether oxygens (including phenoxy) is 2. The molecule has 7 heteroatoms. The fraction of sp³-hybridized carbons (Fsp3) is 0.381. The molecule has 1 heterocycles. The minimum Gasteiger partial charge on any atom is -0.496 e. The molecule has 2 atom stereocenters. The third kappa shape index (κ3) is 3.94. The largest absolute Gasteiger partial charge is 0.496 e. The molecule has 0 saturated carbocycles. The van der Waals surface area contributed by atoms with Gasteiger partial charge in [-0.25, -0.2) is 8.78 Å². The van der Waals surface area contributed by atoms with Gasteiger partial charge < -0.3 is 14.6 Å². The number of piperidine rings is 1. The van der Waals surface area contributed by atoms with Crippen LogP contribution in [0.4, 0.5) is 8.78 Å². The van der Waals surface area contributed by atoms with E-state index >= 15 is 0 Å². The van der Waals surface area contributed by atoms with Crippen LogP contribution in [-0.4, -0.2) is 43.3 Å². The average Bonchev–Trinajstić information content (AvgIpc) is 2.70. The number of benzene rings is 2. The van der Waals surface area contributed by atoms with Crippen molar-refractivity contribution in [2.75, 3.05) is 27.3 Å². The second kappa shape index (κ2) is 8.56. The third-order valence-corrected chi connectivity index (χ3v) is 5.16. The highest BCUT2D eigenvalue weighted by atomic mass is 19.1. The number of aliphatic carboxylic acids is 1. The molecule has 1 aliphatic rings. The second-order valence-corrected chi connectivity index (χ2v) is 6.82. The first-order valence-corrected chi connectivity index (χ1v) is 9.09. The Labute approximate surface area is 162 Å². The van der Waals surface area contributed by atoms with Gasteiger partial charge in [-0.1, -0.05) is 12.1 Å². The molecule has 0 radical (unpaired) electrons. The van der Waals surface area contributed by atoms with Crippen molar-refractivity contribution in [3.8, 4) is 11.5 Å². The highest BCUT2D eigenvalue weighted by molar-refractivity contribution is 5.70. The lowest BCUT2D eigenvalue weighted by Gasteiger charge is -2.38. The molecule has 1 N–H and O–H groups in total. The monoisotopic (exact) mass is 391 g/mol. The van der Waals surface area contributed by atoms with Crippen molar-refractivity contribution in [2.45, 2.75) is 18.9 Å². The van der Waals surface area contributed by atoms with Crippen molar-refractivity contribution >= 4 is 5.97 Å². The van der Waals surface area contributed by atoms with Gasteiger partial charge >= 0.3 is 5.97 Å². The Hall–Kier alpha value is -2.67. The van der Waals surface area contributed by atoms with Gasteiger partial charge in [0.15, 0.2) is 0 Å². The predicted octanol–water partition coefficient (Wildman–Crippen LogP) is 3.87. The summed E-state index contributed by atoms with van der Waals surface area (Å²) < 4.78 is 39.3. The standard InChI is InChI=1S/C21H23F2NO4/c1-27-17-6-3-7-18(28-2)19(17)20(15-9-8-14(22)11-16(15)23)24-10-4-5-13(12-24)21(25)26/h3,6-9,11,13,20H,4-5,10,12H2,1-2H3,(H,25,26). The van der Waals surface area contributed by atoms with Gasteiger partial charge in [0.2, 0.25) is 0 Å². The number of carbonyl (C=O) groups is 1. The van der Waals surface area contributed by atoms with Crippen LogP contribution in [-0.2, 0) is 4.79 Å². The number of hydrogen-bond donors (Lipinski definition) is 1. The lowest BCUT2D eigenvalue weighted by Crippen LogP contribution is -2.41. The first-order valence-electron chi connectivity index (χ1n) is 9.09. The summed E-state index contributed by atoms with van der Waals surface area (Å²) in [6.45, 7) is 0.824. The Balaban J connectivity index is 2.17. The minimum atomic E-state index is -0.880. The molecule has 28 heavy (non-hydrogen) atoms. The molecule has 0 amide bonds. The quantitative estimate of drug-likeness (QED) is 0.810. The van der Waals surface area contributed by atoms with Crippen molar-refractivity contribution in [1.82, 2.24) is 4.90 Å². The number of rotatable bonds is 6. The number of nitrogens with zero attached hydrogens (tertiary/aromatic N) is 1. The highest BCUT2D eigenvalue weighted by Gasteiger charge is 2.35. The molecule has 0 aromatic heterocycles. The molecule has 1 saturated heterocycles. The summed E-state index contributed by atoms with van der Waals surface area (Å²) in [6.07, 6.45) is 1.22. The maximum atomic E-state index is 14.8. The second-order valence-electron chi connectivity index (χ2n) is 6.82. The van der Waals surface area contributed by atoms with Gasteiger partial charge in [-0.15, -0.1) is 0 Å². The third-order valence-electron chi connectivity index (χ3n) is 5.16. The molecule has 150 valence electrons. The first kappa shape index (κ1) is 20.1. The van der Waals surface area contributed by atoms with Crippen LogP contribution in [0, 0.1) is 17.6 Å². The van der Waals surface area contributed by atoms with E-state index in [9.17, 15) is 18.7 Å². The highest BCUT2D eigenvalue weighted by Crippen LogP contribution is 2.43. The summed E-state index contributed by atoms with van der Waals surface area (Å²) in [5.41, 5.74) is 0.833. The van der Waals surface area contributed by atoms with Gasteiger partial charge in [0.05, 0.1) is 31.7 Å². The fourth-order valence-corrected chi connectivity index (χ4v) is 3.85. The van der Waals surface area contributed by atoms with Crippen molar-refractivity contribution in [2.24, 2.45) is 5.92 Å². The molecular formula is C21H23F2NO4. The summed E-state index contributed by atoms with van der Waals surface area (Å²) in [6, 6.07) is 8.00. The van der Waals surface area contributed by atoms with Gasteiger partial charge in [-0.3, -0.25) is 9.69 Å². The Morgan fingerprint density at radius 3 is 2.43 bits per heavy atom. The zero-order valence-electron chi connectivity index (χ0n) is 15.8. The summed E-state index contributed by atoms with van der Waals surface area (Å²) >= 11 is 0. The maximum absolute atomic E-state index is 14.8. The average molecular weight is 391 g/mol. The van der Waals surface area contributed by atoms with Crippen LogP contribution in [0.25, 0.3) is 0 Å². The molecule has 2 aromatic rings. The number of methoxy groups -OCH3 is 2. The molecule has 0 aliphatic carbocycles. The van der Waals surface area contributed by atoms with Crippen molar-refractivity contribution in [3.63, 3.8) is 0 Å². The summed E-state index contributed by atoms with van der Waals surface area (Å²) in [4.78, 5) is 13.5. The van der Waals surface area contributed by atoms with E-state index < -0.39 is 29.6 Å². The van der Waals surface area contributed by atoms with Gasteiger partial charge in [0.1, 0.15) is 23.1 Å². The molecule has 0 bridgehead atoms. The number of halogens is 2. The van der Waals surface area contributed by atoms with Crippen molar-refractivity contribution < 1.29 is 28.2 Å². The van der Waals surface area contributed by atoms with Crippen LogP contribution in [0.15, 0.2) is 36.4 Å². The van der Waals surface area contributed by atoms with E-state index in [-0.39, 0.29) is 12.1 Å². The van der Waals surface area contributed by atoms with E-state index in [4.69, 9.17) is 9.47 Å². The summed E-state index contributed by atoms with van der Waals surface area (Å²) in [5.74, 6) is -1.82. The molecule has 2 unspecified atom stereocenters. The van der Waals surface area contributed by atoms with Gasteiger partial charge in [0, 0.05) is 18.2 Å². The van der Waals surface area contributed by atoms with Crippen LogP contribution in [0.5, 0.6) is 11.5 Å². The van der Waals surface area contributed by atoms with Gasteiger partial charge in [0.25, 0.3) is 0 Å². The number of hydrogen-bond acceptors (Lipinski definition) is 4. The van der Waals surface area contributed by atoms with E-state index in [1.165, 1.54) is 26.4 Å². The Morgan fingerprint density at radius 1 is 1.18 bits per heavy atom. The van der Waals surface area contributed by atoms with Crippen LogP contribution in [0.2, 0.25) is 0 Å². The van der Waals surface area contributed by atoms with Crippen LogP contribution < -0.4 is 9.47 Å². The van der Waals surface area contributed by atoms with Crippen molar-refractivity contribution in [3.05, 3.63) is 59.2 Å². The lowest BCUT2D eigenvalue weighted by molar-refractivity contribution is -0.143. The zero-order valence-corrected chi connectivity index (χ0v) is 15.8. The number of carboxylic acid groups (broad SMARTS) is 1. The Kier molecular flexibility index (Phi) is 6.14. The molecule has 5 nitrogen and oxygen atoms in total. The smallest absolute Gasteiger partial charge is 0.307 e. The molecule has 0 spiro atoms.